The number of nitrogens with zero attached hydrogens (tertiary/aromatic N) is 2. The molecule has 2 aromatic rings. The first-order valence-electron chi connectivity index (χ1n) is 6.35. The van der Waals surface area contributed by atoms with E-state index in [0.717, 1.165) is 17.0 Å². The van der Waals surface area contributed by atoms with Crippen LogP contribution in [0.4, 0.5) is 5.69 Å². The highest BCUT2D eigenvalue weighted by Gasteiger charge is 2.03. The smallest absolute Gasteiger partial charge is 0.148 e. The summed E-state index contributed by atoms with van der Waals surface area (Å²) in [6, 6.07) is 7.74. The Balaban J connectivity index is 1.97. The van der Waals surface area contributed by atoms with Crippen LogP contribution in [0.5, 0.6) is 5.75 Å². The van der Waals surface area contributed by atoms with Crippen molar-refractivity contribution >= 4 is 5.69 Å². The minimum absolute atomic E-state index is 0.0733. The molecule has 1 aromatic heterocycles. The van der Waals surface area contributed by atoms with Gasteiger partial charge in [-0.1, -0.05) is 24.1 Å². The van der Waals surface area contributed by atoms with Gasteiger partial charge in [0.1, 0.15) is 12.4 Å². The normalized spacial score (nSPS) is 10.0. The number of aliphatic hydroxyl groups excluding tert-OH is 1. The van der Waals surface area contributed by atoms with Gasteiger partial charge in [0.25, 0.3) is 0 Å². The zero-order valence-corrected chi connectivity index (χ0v) is 11.1. The molecule has 0 aliphatic carbocycles. The van der Waals surface area contributed by atoms with Crippen LogP contribution in [0.25, 0.3) is 0 Å². The van der Waals surface area contributed by atoms with Gasteiger partial charge in [-0.2, -0.15) is 5.10 Å². The molecule has 0 aliphatic heterocycles. The molecule has 0 saturated heterocycles. The molecule has 0 saturated carbocycles. The van der Waals surface area contributed by atoms with Crippen LogP contribution < -0.4 is 10.1 Å². The average Bonchev–Trinajstić information content (AvgIpc) is 2.92. The van der Waals surface area contributed by atoms with Crippen molar-refractivity contribution in [2.24, 2.45) is 0 Å². The molecule has 2 N–H and O–H groups in total. The zero-order chi connectivity index (χ0) is 14.2. The van der Waals surface area contributed by atoms with Crippen molar-refractivity contribution in [3.63, 3.8) is 0 Å². The van der Waals surface area contributed by atoms with Gasteiger partial charge >= 0.3 is 0 Å². The highest BCUT2D eigenvalue weighted by molar-refractivity contribution is 5.42. The molecule has 1 aromatic carbocycles. The van der Waals surface area contributed by atoms with Crippen molar-refractivity contribution in [1.82, 2.24) is 9.78 Å². The van der Waals surface area contributed by atoms with Crippen LogP contribution in [0.15, 0.2) is 36.7 Å². The highest BCUT2D eigenvalue weighted by atomic mass is 16.5. The quantitative estimate of drug-likeness (QED) is 0.749. The molecule has 1 heterocycles. The molecule has 0 fully saturated rings. The Labute approximate surface area is 118 Å². The first-order chi connectivity index (χ1) is 9.83. The van der Waals surface area contributed by atoms with E-state index in [0.29, 0.717) is 13.1 Å². The number of aliphatic hydroxyl groups is 1. The van der Waals surface area contributed by atoms with E-state index in [1.54, 1.807) is 10.9 Å². The van der Waals surface area contributed by atoms with E-state index >= 15 is 0 Å². The van der Waals surface area contributed by atoms with Gasteiger partial charge in [-0.05, 0) is 6.07 Å². The molecule has 0 radical (unpaired) electrons. The van der Waals surface area contributed by atoms with Gasteiger partial charge in [0.15, 0.2) is 0 Å². The topological polar surface area (TPSA) is 59.3 Å². The predicted molar refractivity (Wildman–Crippen MR) is 77.4 cm³/mol. The molecule has 0 amide bonds. The van der Waals surface area contributed by atoms with Gasteiger partial charge in [0, 0.05) is 18.3 Å². The predicted octanol–water partition coefficient (Wildman–Crippen LogP) is 1.50. The standard InChI is InChI=1S/C15H17N3O2/c1-2-9-20-15-6-4-3-5-13(15)10-16-14-11-17-18(12-14)7-8-19/h1,3-6,11-12,16,19H,7-10H2. The van der Waals surface area contributed by atoms with Gasteiger partial charge in [-0.3, -0.25) is 4.68 Å². The molecule has 5 nitrogen and oxygen atoms in total. The summed E-state index contributed by atoms with van der Waals surface area (Å²) in [5, 5.41) is 16.2. The summed E-state index contributed by atoms with van der Waals surface area (Å²) in [6.45, 7) is 1.43. The lowest BCUT2D eigenvalue weighted by molar-refractivity contribution is 0.269. The van der Waals surface area contributed by atoms with Crippen molar-refractivity contribution in [3.8, 4) is 18.1 Å². The molecule has 0 atom stereocenters. The largest absolute Gasteiger partial charge is 0.481 e. The van der Waals surface area contributed by atoms with Gasteiger partial charge in [0.2, 0.25) is 0 Å². The summed E-state index contributed by atoms with van der Waals surface area (Å²) in [6.07, 6.45) is 8.77. The van der Waals surface area contributed by atoms with E-state index in [1.165, 1.54) is 0 Å². The summed E-state index contributed by atoms with van der Waals surface area (Å²) >= 11 is 0. The molecule has 0 unspecified atom stereocenters. The minimum atomic E-state index is 0.0733. The lowest BCUT2D eigenvalue weighted by Crippen LogP contribution is -2.04. The summed E-state index contributed by atoms with van der Waals surface area (Å²) in [5.74, 6) is 3.23. The van der Waals surface area contributed by atoms with E-state index in [1.807, 2.05) is 30.5 Å². The summed E-state index contributed by atoms with van der Waals surface area (Å²) in [4.78, 5) is 0. The van der Waals surface area contributed by atoms with E-state index in [2.05, 4.69) is 16.3 Å². The Bertz CT molecular complexity index is 587. The SMILES string of the molecule is C#CCOc1ccccc1CNc1cnn(CCO)c1. The van der Waals surface area contributed by atoms with E-state index in [9.17, 15) is 0 Å². The van der Waals surface area contributed by atoms with Gasteiger partial charge in [0.05, 0.1) is 25.0 Å². The van der Waals surface area contributed by atoms with Crippen LogP contribution in [0.1, 0.15) is 5.56 Å². The number of terminal acetylenes is 1. The minimum Gasteiger partial charge on any atom is -0.481 e. The van der Waals surface area contributed by atoms with Crippen molar-refractivity contribution < 1.29 is 9.84 Å². The number of nitrogens with one attached hydrogen (secondary N) is 1. The fourth-order valence-corrected chi connectivity index (χ4v) is 1.79. The molecule has 20 heavy (non-hydrogen) atoms. The Kier molecular flexibility index (Phi) is 5.04. The third-order valence-electron chi connectivity index (χ3n) is 2.73. The molecule has 0 aliphatic rings. The molecule has 104 valence electrons. The first kappa shape index (κ1) is 14.0. The first-order valence-corrected chi connectivity index (χ1v) is 6.35. The molecule has 0 spiro atoms. The van der Waals surface area contributed by atoms with Crippen LogP contribution in [-0.2, 0) is 13.1 Å². The molecular weight excluding hydrogens is 254 g/mol. The summed E-state index contributed by atoms with van der Waals surface area (Å²) in [7, 11) is 0. The lowest BCUT2D eigenvalue weighted by Gasteiger charge is -2.10. The van der Waals surface area contributed by atoms with Crippen LogP contribution >= 0.6 is 0 Å². The second-order valence-electron chi connectivity index (χ2n) is 4.17. The monoisotopic (exact) mass is 271 g/mol. The molecular formula is C15H17N3O2. The average molecular weight is 271 g/mol. The third-order valence-corrected chi connectivity index (χ3v) is 2.73. The second kappa shape index (κ2) is 7.22. The number of anilines is 1. The maximum Gasteiger partial charge on any atom is 0.148 e. The van der Waals surface area contributed by atoms with E-state index in [-0.39, 0.29) is 13.2 Å². The van der Waals surface area contributed by atoms with Crippen molar-refractivity contribution in [2.45, 2.75) is 13.1 Å². The van der Waals surface area contributed by atoms with Crippen LogP contribution in [-0.4, -0.2) is 28.1 Å². The Morgan fingerprint density at radius 2 is 2.25 bits per heavy atom. The maximum absolute atomic E-state index is 8.84. The van der Waals surface area contributed by atoms with Crippen molar-refractivity contribution in [3.05, 3.63) is 42.2 Å². The second-order valence-corrected chi connectivity index (χ2v) is 4.17. The summed E-state index contributed by atoms with van der Waals surface area (Å²) in [5.41, 5.74) is 1.92. The number of hydrogen-bond acceptors (Lipinski definition) is 4. The van der Waals surface area contributed by atoms with Gasteiger partial charge in [-0.15, -0.1) is 6.42 Å². The van der Waals surface area contributed by atoms with Crippen molar-refractivity contribution in [2.75, 3.05) is 18.5 Å². The number of ether oxygens (including phenoxy) is 1. The summed E-state index contributed by atoms with van der Waals surface area (Å²) < 4.78 is 7.17. The van der Waals surface area contributed by atoms with Crippen LogP contribution in [0, 0.1) is 12.3 Å². The van der Waals surface area contributed by atoms with Crippen LogP contribution in [0.2, 0.25) is 0 Å². The number of rotatable bonds is 7. The third kappa shape index (κ3) is 3.77. The molecule has 2 rings (SSSR count). The zero-order valence-electron chi connectivity index (χ0n) is 11.1. The number of hydrogen-bond donors (Lipinski definition) is 2. The van der Waals surface area contributed by atoms with Crippen LogP contribution in [0.3, 0.4) is 0 Å². The number of benzene rings is 1. The fourth-order valence-electron chi connectivity index (χ4n) is 1.79. The Morgan fingerprint density at radius 1 is 1.40 bits per heavy atom. The lowest BCUT2D eigenvalue weighted by atomic mass is 10.2. The molecule has 0 bridgehead atoms. The number of aromatic nitrogens is 2. The maximum atomic E-state index is 8.84. The van der Waals surface area contributed by atoms with Crippen molar-refractivity contribution in [1.29, 1.82) is 0 Å². The molecule has 5 heteroatoms. The Morgan fingerprint density at radius 3 is 3.05 bits per heavy atom. The Hall–Kier alpha value is -2.45. The van der Waals surface area contributed by atoms with E-state index < -0.39 is 0 Å². The fraction of sp³-hybridized carbons (Fsp3) is 0.267. The highest BCUT2D eigenvalue weighted by Crippen LogP contribution is 2.19. The van der Waals surface area contributed by atoms with Gasteiger partial charge < -0.3 is 15.2 Å². The van der Waals surface area contributed by atoms with Gasteiger partial charge in [-0.25, -0.2) is 0 Å². The number of para-hydroxylation sites is 1. The van der Waals surface area contributed by atoms with E-state index in [4.69, 9.17) is 16.3 Å².